The zero-order valence-corrected chi connectivity index (χ0v) is 12.0. The fourth-order valence-electron chi connectivity index (χ4n) is 1.39. The predicted octanol–water partition coefficient (Wildman–Crippen LogP) is 2.60. The lowest BCUT2D eigenvalue weighted by Crippen LogP contribution is -2.54. The van der Waals surface area contributed by atoms with Crippen molar-refractivity contribution in [2.75, 3.05) is 0 Å². The Morgan fingerprint density at radius 2 is 1.42 bits per heavy atom. The third kappa shape index (κ3) is 4.03. The van der Waals surface area contributed by atoms with Crippen LogP contribution < -0.4 is 0 Å². The summed E-state index contributed by atoms with van der Waals surface area (Å²) < 4.78 is 89.0. The van der Waals surface area contributed by atoms with Gasteiger partial charge in [0.15, 0.2) is 10.1 Å². The third-order valence-corrected chi connectivity index (χ3v) is 3.42. The van der Waals surface area contributed by atoms with Crippen molar-refractivity contribution in [2.24, 2.45) is 5.92 Å². The monoisotopic (exact) mass is 309 g/mol. The first kappa shape index (κ1) is 18.6. The van der Waals surface area contributed by atoms with Crippen LogP contribution in [0, 0.1) is 5.92 Å². The van der Waals surface area contributed by atoms with E-state index < -0.39 is 38.9 Å². The highest BCUT2D eigenvalue weighted by atomic mass is 32.2. The average Bonchev–Trinajstić information content (AvgIpc) is 2.11. The van der Waals surface area contributed by atoms with Crippen LogP contribution >= 0.6 is 0 Å². The first-order chi connectivity index (χ1) is 8.04. The highest BCUT2D eigenvalue weighted by Crippen LogP contribution is 2.45. The maximum absolute atomic E-state index is 13.5. The van der Waals surface area contributed by atoms with E-state index >= 15 is 0 Å². The minimum absolute atomic E-state index is 0.704. The molecule has 0 aromatic carbocycles. The number of ether oxygens (including phenoxy) is 1. The minimum atomic E-state index is -6.47. The Morgan fingerprint density at radius 3 is 1.68 bits per heavy atom. The number of alkyl halides is 4. The number of rotatable bonds is 5. The highest BCUT2D eigenvalue weighted by molar-refractivity contribution is 7.86. The van der Waals surface area contributed by atoms with Crippen LogP contribution in [0.25, 0.3) is 0 Å². The lowest BCUT2D eigenvalue weighted by atomic mass is 9.97. The molecule has 0 spiro atoms. The van der Waals surface area contributed by atoms with Crippen LogP contribution in [0.3, 0.4) is 0 Å². The van der Waals surface area contributed by atoms with Crippen LogP contribution in [0.4, 0.5) is 17.6 Å². The fraction of sp³-hybridized carbons (Fsp3) is 1.00. The second-order valence-corrected chi connectivity index (χ2v) is 6.74. The van der Waals surface area contributed by atoms with E-state index in [0.717, 1.165) is 6.92 Å². The quantitative estimate of drug-likeness (QED) is 0.578. The van der Waals surface area contributed by atoms with E-state index in [1.807, 2.05) is 0 Å². The van der Waals surface area contributed by atoms with Crippen molar-refractivity contribution < 1.29 is 35.3 Å². The Morgan fingerprint density at radius 1 is 1.05 bits per heavy atom. The molecule has 0 aliphatic rings. The van der Waals surface area contributed by atoms with E-state index in [1.165, 1.54) is 20.8 Å². The normalized spacial score (nSPS) is 18.2. The van der Waals surface area contributed by atoms with Gasteiger partial charge in [-0.15, -0.1) is 0 Å². The molecule has 0 saturated heterocycles. The molecule has 19 heavy (non-hydrogen) atoms. The molecule has 0 bridgehead atoms. The molecule has 0 fully saturated rings. The molecule has 0 aliphatic carbocycles. The van der Waals surface area contributed by atoms with E-state index in [0.29, 0.717) is 6.92 Å². The smallest absolute Gasteiger partial charge is 0.396 e. The molecule has 0 rings (SSSR count). The lowest BCUT2D eigenvalue weighted by Gasteiger charge is -2.37. The van der Waals surface area contributed by atoms with E-state index in [-0.39, 0.29) is 0 Å². The lowest BCUT2D eigenvalue weighted by molar-refractivity contribution is -0.221. The van der Waals surface area contributed by atoms with Crippen LogP contribution in [0.1, 0.15) is 34.6 Å². The minimum Gasteiger partial charge on any atom is -0.743 e. The SMILES string of the molecule is CC(OC(C)(C)C)C(C)C(F)(F)C(F)(F)S(=O)(=O)[O-]. The summed E-state index contributed by atoms with van der Waals surface area (Å²) in [5, 5.41) is -5.69. The predicted molar refractivity (Wildman–Crippen MR) is 59.1 cm³/mol. The van der Waals surface area contributed by atoms with Crippen molar-refractivity contribution >= 4 is 10.1 Å². The van der Waals surface area contributed by atoms with Crippen molar-refractivity contribution in [1.29, 1.82) is 0 Å². The second-order valence-electron chi connectivity index (χ2n) is 5.32. The Kier molecular flexibility index (Phi) is 5.06. The van der Waals surface area contributed by atoms with Gasteiger partial charge in [0.1, 0.15) is 0 Å². The Hall–Kier alpha value is -0.410. The molecule has 4 nitrogen and oxygen atoms in total. The molecule has 0 N–H and O–H groups in total. The molecule has 116 valence electrons. The summed E-state index contributed by atoms with van der Waals surface area (Å²) in [6, 6.07) is 0. The molecule has 9 heteroatoms. The van der Waals surface area contributed by atoms with E-state index in [9.17, 15) is 30.5 Å². The third-order valence-electron chi connectivity index (χ3n) is 2.52. The number of halogens is 4. The van der Waals surface area contributed by atoms with Crippen LogP contribution in [0.5, 0.6) is 0 Å². The molecule has 0 saturated carbocycles. The summed E-state index contributed by atoms with van der Waals surface area (Å²) in [4.78, 5) is 0. The van der Waals surface area contributed by atoms with Crippen LogP contribution in [-0.2, 0) is 14.9 Å². The Bertz CT molecular complexity index is 414. The molecule has 0 aliphatic heterocycles. The standard InChI is InChI=1S/C10H18F4O4S/c1-6(7(2)18-8(3,4)5)9(11,12)10(13,14)19(15,16)17/h6-7H,1-5H3,(H,15,16,17)/p-1. The van der Waals surface area contributed by atoms with Gasteiger partial charge >= 0.3 is 11.2 Å². The van der Waals surface area contributed by atoms with Gasteiger partial charge in [0.25, 0.3) is 0 Å². The molecule has 2 atom stereocenters. The van der Waals surface area contributed by atoms with Gasteiger partial charge in [0, 0.05) is 0 Å². The maximum Gasteiger partial charge on any atom is 0.396 e. The van der Waals surface area contributed by atoms with E-state index in [4.69, 9.17) is 4.74 Å². The largest absolute Gasteiger partial charge is 0.743 e. The zero-order chi connectivity index (χ0) is 15.9. The molecule has 0 aromatic rings. The molecule has 0 radical (unpaired) electrons. The topological polar surface area (TPSA) is 66.4 Å². The van der Waals surface area contributed by atoms with E-state index in [1.54, 1.807) is 0 Å². The fourth-order valence-corrected chi connectivity index (χ4v) is 1.91. The maximum atomic E-state index is 13.5. The second kappa shape index (κ2) is 5.17. The van der Waals surface area contributed by atoms with Crippen molar-refractivity contribution in [2.45, 2.75) is 57.5 Å². The van der Waals surface area contributed by atoms with Gasteiger partial charge in [0.2, 0.25) is 0 Å². The van der Waals surface area contributed by atoms with Crippen LogP contribution in [0.15, 0.2) is 0 Å². The van der Waals surface area contributed by atoms with Crippen molar-refractivity contribution in [3.63, 3.8) is 0 Å². The highest BCUT2D eigenvalue weighted by Gasteiger charge is 2.65. The molecule has 0 amide bonds. The van der Waals surface area contributed by atoms with Crippen LogP contribution in [-0.4, -0.2) is 35.9 Å². The first-order valence-corrected chi connectivity index (χ1v) is 6.83. The first-order valence-electron chi connectivity index (χ1n) is 5.43. The summed E-state index contributed by atoms with van der Waals surface area (Å²) in [5.41, 5.74) is -0.880. The van der Waals surface area contributed by atoms with Gasteiger partial charge in [-0.25, -0.2) is 8.42 Å². The summed E-state index contributed by atoms with van der Waals surface area (Å²) >= 11 is 0. The zero-order valence-electron chi connectivity index (χ0n) is 11.2. The van der Waals surface area contributed by atoms with Gasteiger partial charge in [0.05, 0.1) is 17.6 Å². The van der Waals surface area contributed by atoms with Crippen molar-refractivity contribution in [3.8, 4) is 0 Å². The van der Waals surface area contributed by atoms with Crippen molar-refractivity contribution in [1.82, 2.24) is 0 Å². The summed E-state index contributed by atoms with van der Waals surface area (Å²) in [6.07, 6.45) is -1.37. The van der Waals surface area contributed by atoms with Crippen LogP contribution in [0.2, 0.25) is 0 Å². The van der Waals surface area contributed by atoms with Gasteiger partial charge < -0.3 is 9.29 Å². The molecule has 2 unspecified atom stereocenters. The van der Waals surface area contributed by atoms with Gasteiger partial charge in [-0.1, -0.05) is 6.92 Å². The summed E-state index contributed by atoms with van der Waals surface area (Å²) in [7, 11) is -6.47. The van der Waals surface area contributed by atoms with E-state index in [2.05, 4.69) is 0 Å². The molecule has 0 heterocycles. The summed E-state index contributed by atoms with van der Waals surface area (Å²) in [6.45, 7) is 6.39. The van der Waals surface area contributed by atoms with Gasteiger partial charge in [-0.3, -0.25) is 0 Å². The Labute approximate surface area is 109 Å². The van der Waals surface area contributed by atoms with Crippen molar-refractivity contribution in [3.05, 3.63) is 0 Å². The number of hydrogen-bond donors (Lipinski definition) is 0. The summed E-state index contributed by atoms with van der Waals surface area (Å²) in [5.74, 6) is -7.19. The molecule has 0 aromatic heterocycles. The van der Waals surface area contributed by atoms with Gasteiger partial charge in [-0.05, 0) is 27.7 Å². The number of hydrogen-bond acceptors (Lipinski definition) is 4. The van der Waals surface area contributed by atoms with Gasteiger partial charge in [-0.2, -0.15) is 17.6 Å². The Balaban J connectivity index is 5.33. The average molecular weight is 309 g/mol. The molecular formula is C10H17F4O4S-. The molecular weight excluding hydrogens is 292 g/mol.